The Hall–Kier alpha value is -1.36. The maximum Gasteiger partial charge on any atom is 0.276 e. The summed E-state index contributed by atoms with van der Waals surface area (Å²) in [6.45, 7) is 0. The molecule has 5 heteroatoms. The zero-order valence-corrected chi connectivity index (χ0v) is 8.98. The number of halogens is 1. The lowest BCUT2D eigenvalue weighted by Gasteiger charge is -2.04. The van der Waals surface area contributed by atoms with Gasteiger partial charge in [-0.2, -0.15) is 4.98 Å². The predicted octanol–water partition coefficient (Wildman–Crippen LogP) is 1.47. The lowest BCUT2D eigenvalue weighted by Crippen LogP contribution is -2.16. The van der Waals surface area contributed by atoms with Crippen LogP contribution < -0.4 is 10.3 Å². The van der Waals surface area contributed by atoms with E-state index >= 15 is 0 Å². The molecule has 14 heavy (non-hydrogen) atoms. The fraction of sp³-hybridized carbons (Fsp3) is 0.111. The molecular weight excluding hydrogens is 248 g/mol. The third-order valence-electron chi connectivity index (χ3n) is 1.84. The highest BCUT2D eigenvalue weighted by molar-refractivity contribution is 9.10. The lowest BCUT2D eigenvalue weighted by atomic mass is 10.4. The minimum Gasteiger partial charge on any atom is -0.480 e. The average Bonchev–Trinajstić information content (AvgIpc) is 2.23. The zero-order valence-electron chi connectivity index (χ0n) is 7.40. The van der Waals surface area contributed by atoms with Crippen molar-refractivity contribution in [3.63, 3.8) is 0 Å². The van der Waals surface area contributed by atoms with Crippen LogP contribution in [0.2, 0.25) is 0 Å². The predicted molar refractivity (Wildman–Crippen MR) is 55.7 cm³/mol. The monoisotopic (exact) mass is 254 g/mol. The largest absolute Gasteiger partial charge is 0.480 e. The van der Waals surface area contributed by atoms with E-state index in [1.165, 1.54) is 11.5 Å². The highest BCUT2D eigenvalue weighted by Gasteiger charge is 2.09. The molecule has 0 aliphatic rings. The van der Waals surface area contributed by atoms with Crippen molar-refractivity contribution in [2.45, 2.75) is 0 Å². The van der Waals surface area contributed by atoms with Gasteiger partial charge in [0.15, 0.2) is 0 Å². The van der Waals surface area contributed by atoms with Gasteiger partial charge >= 0.3 is 0 Å². The van der Waals surface area contributed by atoms with Crippen molar-refractivity contribution >= 4 is 21.6 Å². The summed E-state index contributed by atoms with van der Waals surface area (Å²) in [5.41, 5.74) is 0.394. The van der Waals surface area contributed by atoms with Crippen LogP contribution in [0.1, 0.15) is 0 Å². The van der Waals surface area contributed by atoms with E-state index in [1.54, 1.807) is 18.3 Å². The van der Waals surface area contributed by atoms with Gasteiger partial charge in [-0.15, -0.1) is 0 Å². The second-order valence-electron chi connectivity index (χ2n) is 2.67. The molecule has 0 aromatic carbocycles. The number of methoxy groups -OCH3 is 1. The number of aromatic nitrogens is 2. The number of rotatable bonds is 1. The number of fused-ring (bicyclic) bond motifs is 1. The molecule has 0 atom stereocenters. The summed E-state index contributed by atoms with van der Waals surface area (Å²) in [6.07, 6.45) is 1.66. The highest BCUT2D eigenvalue weighted by atomic mass is 79.9. The second-order valence-corrected chi connectivity index (χ2v) is 3.46. The van der Waals surface area contributed by atoms with E-state index in [9.17, 15) is 4.79 Å². The summed E-state index contributed by atoms with van der Waals surface area (Å²) in [7, 11) is 1.48. The summed E-state index contributed by atoms with van der Waals surface area (Å²) >= 11 is 3.14. The molecule has 4 nitrogen and oxygen atoms in total. The Balaban J connectivity index is 2.92. The SMILES string of the molecule is COc1nc2ccccn2c(=O)c1Br. The molecule has 2 aromatic heterocycles. The Labute approximate surface area is 88.3 Å². The molecule has 0 unspecified atom stereocenters. The quantitative estimate of drug-likeness (QED) is 0.774. The molecular formula is C9H7BrN2O2. The van der Waals surface area contributed by atoms with Crippen molar-refractivity contribution in [1.29, 1.82) is 0 Å². The molecule has 2 heterocycles. The van der Waals surface area contributed by atoms with E-state index in [2.05, 4.69) is 20.9 Å². The Bertz CT molecular complexity index is 536. The van der Waals surface area contributed by atoms with Gasteiger partial charge in [0.1, 0.15) is 10.1 Å². The van der Waals surface area contributed by atoms with Gasteiger partial charge < -0.3 is 4.74 Å². The smallest absolute Gasteiger partial charge is 0.276 e. The highest BCUT2D eigenvalue weighted by Crippen LogP contribution is 2.17. The molecule has 0 N–H and O–H groups in total. The summed E-state index contributed by atoms with van der Waals surface area (Å²) in [4.78, 5) is 15.9. The molecule has 0 aliphatic carbocycles. The van der Waals surface area contributed by atoms with Gasteiger partial charge in [0.25, 0.3) is 5.56 Å². The van der Waals surface area contributed by atoms with Crippen molar-refractivity contribution in [2.75, 3.05) is 7.11 Å². The third kappa shape index (κ3) is 1.29. The van der Waals surface area contributed by atoms with Crippen LogP contribution in [0.15, 0.2) is 33.7 Å². The third-order valence-corrected chi connectivity index (χ3v) is 2.52. The van der Waals surface area contributed by atoms with Gasteiger partial charge in [0.05, 0.1) is 7.11 Å². The number of ether oxygens (including phenoxy) is 1. The van der Waals surface area contributed by atoms with Crippen molar-refractivity contribution in [1.82, 2.24) is 9.38 Å². The maximum absolute atomic E-state index is 11.7. The maximum atomic E-state index is 11.7. The van der Waals surface area contributed by atoms with Crippen molar-refractivity contribution < 1.29 is 4.74 Å². The van der Waals surface area contributed by atoms with Crippen LogP contribution in [0.5, 0.6) is 5.88 Å². The standard InChI is InChI=1S/C9H7BrN2O2/c1-14-8-7(10)9(13)12-5-3-2-4-6(12)11-8/h2-5H,1H3. The first-order valence-electron chi connectivity index (χ1n) is 3.95. The number of pyridine rings is 1. The van der Waals surface area contributed by atoms with Crippen LogP contribution in [0.4, 0.5) is 0 Å². The van der Waals surface area contributed by atoms with Gasteiger partial charge in [-0.25, -0.2) is 0 Å². The number of hydrogen-bond donors (Lipinski definition) is 0. The van der Waals surface area contributed by atoms with Crippen molar-refractivity contribution in [3.05, 3.63) is 39.2 Å². The molecule has 0 radical (unpaired) electrons. The van der Waals surface area contributed by atoms with E-state index in [4.69, 9.17) is 4.74 Å². The molecule has 0 spiro atoms. The zero-order chi connectivity index (χ0) is 10.1. The summed E-state index contributed by atoms with van der Waals surface area (Å²) in [5, 5.41) is 0. The van der Waals surface area contributed by atoms with Gasteiger partial charge in [-0.05, 0) is 28.1 Å². The molecule has 0 bridgehead atoms. The summed E-state index contributed by atoms with van der Waals surface area (Å²) in [5.74, 6) is 0.307. The molecule has 0 fully saturated rings. The minimum absolute atomic E-state index is 0.174. The van der Waals surface area contributed by atoms with E-state index in [0.29, 0.717) is 16.0 Å². The second kappa shape index (κ2) is 3.42. The van der Waals surface area contributed by atoms with Crippen LogP contribution in [0.25, 0.3) is 5.65 Å². The number of hydrogen-bond acceptors (Lipinski definition) is 3. The Morgan fingerprint density at radius 2 is 2.29 bits per heavy atom. The Morgan fingerprint density at radius 1 is 1.50 bits per heavy atom. The molecule has 2 rings (SSSR count). The Kier molecular flexibility index (Phi) is 2.25. The van der Waals surface area contributed by atoms with Crippen LogP contribution >= 0.6 is 15.9 Å². The van der Waals surface area contributed by atoms with Crippen LogP contribution in [0, 0.1) is 0 Å². The van der Waals surface area contributed by atoms with Gasteiger partial charge in [0.2, 0.25) is 5.88 Å². The molecule has 72 valence electrons. The first-order valence-corrected chi connectivity index (χ1v) is 4.74. The van der Waals surface area contributed by atoms with E-state index in [1.807, 2.05) is 6.07 Å². The normalized spacial score (nSPS) is 10.4. The first-order chi connectivity index (χ1) is 6.74. The van der Waals surface area contributed by atoms with E-state index < -0.39 is 0 Å². The van der Waals surface area contributed by atoms with Gasteiger partial charge in [-0.3, -0.25) is 9.20 Å². The summed E-state index contributed by atoms with van der Waals surface area (Å²) in [6, 6.07) is 5.33. The molecule has 2 aromatic rings. The molecule has 0 saturated heterocycles. The molecule has 0 amide bonds. The van der Waals surface area contributed by atoms with E-state index in [0.717, 1.165) is 0 Å². The fourth-order valence-electron chi connectivity index (χ4n) is 1.18. The van der Waals surface area contributed by atoms with Crippen molar-refractivity contribution in [3.8, 4) is 5.88 Å². The Morgan fingerprint density at radius 3 is 3.00 bits per heavy atom. The van der Waals surface area contributed by atoms with Crippen LogP contribution in [-0.4, -0.2) is 16.5 Å². The van der Waals surface area contributed by atoms with Crippen LogP contribution in [-0.2, 0) is 0 Å². The number of nitrogens with zero attached hydrogens (tertiary/aromatic N) is 2. The average molecular weight is 255 g/mol. The first kappa shape index (κ1) is 9.21. The van der Waals surface area contributed by atoms with E-state index in [-0.39, 0.29) is 5.56 Å². The minimum atomic E-state index is -0.174. The summed E-state index contributed by atoms with van der Waals surface area (Å²) < 4.78 is 6.75. The fourth-order valence-corrected chi connectivity index (χ4v) is 1.62. The molecule has 0 saturated carbocycles. The van der Waals surface area contributed by atoms with Crippen molar-refractivity contribution in [2.24, 2.45) is 0 Å². The molecule has 0 aliphatic heterocycles. The lowest BCUT2D eigenvalue weighted by molar-refractivity contribution is 0.394. The van der Waals surface area contributed by atoms with Gasteiger partial charge in [-0.1, -0.05) is 6.07 Å². The van der Waals surface area contributed by atoms with Crippen LogP contribution in [0.3, 0.4) is 0 Å². The topological polar surface area (TPSA) is 43.6 Å². The van der Waals surface area contributed by atoms with Gasteiger partial charge in [0, 0.05) is 6.20 Å².